The Kier molecular flexibility index (Phi) is 7.38. The van der Waals surface area contributed by atoms with Gasteiger partial charge in [-0.05, 0) is 170 Å². The van der Waals surface area contributed by atoms with Gasteiger partial charge < -0.3 is 19.6 Å². The molecule has 4 nitrogen and oxygen atoms in total. The molecule has 0 saturated carbocycles. The molecule has 0 fully saturated rings. The third-order valence-electron chi connectivity index (χ3n) is 10.5. The summed E-state index contributed by atoms with van der Waals surface area (Å²) >= 11 is 0. The Morgan fingerprint density at radius 1 is 0.373 bits per heavy atom. The lowest BCUT2D eigenvalue weighted by molar-refractivity contribution is 0.552. The molecule has 5 aromatic carbocycles. The summed E-state index contributed by atoms with van der Waals surface area (Å²) in [6.45, 7) is 30.3. The highest BCUT2D eigenvalue weighted by atomic mass is 31.1. The highest BCUT2D eigenvalue weighted by Gasteiger charge is 2.51. The van der Waals surface area contributed by atoms with Crippen LogP contribution in [0.15, 0.2) is 84.9 Å². The summed E-state index contributed by atoms with van der Waals surface area (Å²) in [6, 6.07) is 32.9. The number of benzene rings is 5. The van der Waals surface area contributed by atoms with Crippen LogP contribution in [-0.4, -0.2) is 16.6 Å². The van der Waals surface area contributed by atoms with Gasteiger partial charge in [-0.2, -0.15) is 0 Å². The number of rotatable bonds is 3. The van der Waals surface area contributed by atoms with Gasteiger partial charge in [-0.1, -0.05) is 35.4 Å². The van der Waals surface area contributed by atoms with Crippen molar-refractivity contribution < 1.29 is 0 Å². The molecule has 3 heterocycles. The molecule has 0 spiro atoms. The minimum atomic E-state index is -0.842. The van der Waals surface area contributed by atoms with Gasteiger partial charge in [-0.15, -0.1) is 0 Å². The van der Waals surface area contributed by atoms with Crippen LogP contribution in [0.3, 0.4) is 0 Å². The van der Waals surface area contributed by atoms with Crippen molar-refractivity contribution in [2.45, 2.75) is 107 Å². The van der Waals surface area contributed by atoms with Crippen LogP contribution in [-0.2, 0) is 0 Å². The molecule has 8 rings (SSSR count). The zero-order valence-corrected chi connectivity index (χ0v) is 33.7. The van der Waals surface area contributed by atoms with E-state index in [1.165, 1.54) is 78.0 Å². The van der Waals surface area contributed by atoms with E-state index >= 15 is 0 Å². The van der Waals surface area contributed by atoms with E-state index in [0.717, 1.165) is 11.4 Å². The minimum absolute atomic E-state index is 0.114. The third kappa shape index (κ3) is 5.20. The van der Waals surface area contributed by atoms with Gasteiger partial charge in [0.1, 0.15) is 0 Å². The maximum atomic E-state index is 2.67. The van der Waals surface area contributed by atoms with Gasteiger partial charge in [-0.3, -0.25) is 0 Å². The van der Waals surface area contributed by atoms with Crippen LogP contribution >= 0.6 is 7.92 Å². The van der Waals surface area contributed by atoms with Gasteiger partial charge in [0.2, 0.25) is 0 Å². The zero-order chi connectivity index (χ0) is 36.5. The van der Waals surface area contributed by atoms with Crippen molar-refractivity contribution in [3.05, 3.63) is 107 Å². The second-order valence-electron chi connectivity index (χ2n) is 18.0. The highest BCUT2D eigenvalue weighted by molar-refractivity contribution is 7.82. The molecule has 0 aliphatic carbocycles. The maximum absolute atomic E-state index is 2.67. The van der Waals surface area contributed by atoms with Crippen molar-refractivity contribution >= 4 is 75.0 Å². The molecule has 0 N–H and O–H groups in total. The fourth-order valence-electron chi connectivity index (χ4n) is 8.64. The molecule has 0 saturated heterocycles. The third-order valence-corrected chi connectivity index (χ3v) is 13.2. The molecule has 0 amide bonds. The highest BCUT2D eigenvalue weighted by Crippen LogP contribution is 2.63. The van der Waals surface area contributed by atoms with E-state index in [-0.39, 0.29) is 16.6 Å². The monoisotopic (exact) mass is 692 g/mol. The minimum Gasteiger partial charge on any atom is -0.335 e. The summed E-state index contributed by atoms with van der Waals surface area (Å²) in [5.41, 5.74) is 16.2. The first kappa shape index (κ1) is 33.9. The smallest absolute Gasteiger partial charge is 0.0542 e. The first-order chi connectivity index (χ1) is 23.8. The largest absolute Gasteiger partial charge is 0.335 e. The SMILES string of the molecule is Cc1ccc(N(c2ccc(C)cc2)c2cc3c4c(c2)N(C(C)(C)C)c2cc(C)cc5c2P4c2c(cc(C)cc2N3C(C)(C)C)N5C(C)(C)C)cc1. The van der Waals surface area contributed by atoms with Crippen LogP contribution in [0.1, 0.15) is 84.6 Å². The van der Waals surface area contributed by atoms with E-state index in [2.05, 4.69) is 195 Å². The van der Waals surface area contributed by atoms with E-state index in [1.807, 2.05) is 0 Å². The van der Waals surface area contributed by atoms with Crippen molar-refractivity contribution in [2.75, 3.05) is 19.6 Å². The van der Waals surface area contributed by atoms with Crippen molar-refractivity contribution in [1.29, 1.82) is 0 Å². The summed E-state index contributed by atoms with van der Waals surface area (Å²) in [6.07, 6.45) is 0. The fraction of sp³-hybridized carbons (Fsp3) is 0.348. The first-order valence-electron chi connectivity index (χ1n) is 18.5. The first-order valence-corrected chi connectivity index (χ1v) is 19.8. The summed E-state index contributed by atoms with van der Waals surface area (Å²) in [7, 11) is -0.842. The Balaban J connectivity index is 1.54. The molecule has 262 valence electrons. The van der Waals surface area contributed by atoms with E-state index < -0.39 is 7.92 Å². The molecule has 0 radical (unpaired) electrons. The summed E-state index contributed by atoms with van der Waals surface area (Å²) in [5, 5.41) is 4.49. The molecular formula is C46H53N4P. The number of aryl methyl sites for hydroxylation is 4. The summed E-state index contributed by atoms with van der Waals surface area (Å²) in [4.78, 5) is 10.5. The van der Waals surface area contributed by atoms with Gasteiger partial charge in [0.05, 0.1) is 39.8 Å². The van der Waals surface area contributed by atoms with Crippen LogP contribution in [0.4, 0.5) is 51.2 Å². The molecule has 0 aromatic heterocycles. The second-order valence-corrected chi connectivity index (χ2v) is 20.0. The van der Waals surface area contributed by atoms with E-state index in [0.29, 0.717) is 0 Å². The fourth-order valence-corrected chi connectivity index (χ4v) is 11.7. The van der Waals surface area contributed by atoms with Gasteiger partial charge in [0, 0.05) is 43.9 Å². The molecule has 0 atom stereocenters. The second kappa shape index (κ2) is 11.1. The topological polar surface area (TPSA) is 13.0 Å². The molecule has 5 aromatic rings. The lowest BCUT2D eigenvalue weighted by Crippen LogP contribution is -2.55. The summed E-state index contributed by atoms with van der Waals surface area (Å²) < 4.78 is 0. The number of anilines is 9. The number of hydrogen-bond donors (Lipinski definition) is 0. The normalized spacial score (nSPS) is 15.0. The molecule has 5 heteroatoms. The predicted molar refractivity (Wildman–Crippen MR) is 224 cm³/mol. The number of nitrogens with zero attached hydrogens (tertiary/aromatic N) is 4. The van der Waals surface area contributed by atoms with Crippen LogP contribution in [0, 0.1) is 27.7 Å². The Morgan fingerprint density at radius 3 is 0.922 bits per heavy atom. The van der Waals surface area contributed by atoms with E-state index in [1.54, 1.807) is 0 Å². The van der Waals surface area contributed by atoms with Gasteiger partial charge in [0.15, 0.2) is 0 Å². The molecule has 3 aliphatic heterocycles. The van der Waals surface area contributed by atoms with Crippen molar-refractivity contribution in [3.63, 3.8) is 0 Å². The van der Waals surface area contributed by atoms with Crippen LogP contribution in [0.5, 0.6) is 0 Å². The average Bonchev–Trinajstić information content (AvgIpc) is 3.00. The van der Waals surface area contributed by atoms with Crippen LogP contribution < -0.4 is 35.5 Å². The van der Waals surface area contributed by atoms with E-state index in [9.17, 15) is 0 Å². The molecule has 0 bridgehead atoms. The lowest BCUT2D eigenvalue weighted by atomic mass is 9.95. The van der Waals surface area contributed by atoms with Crippen molar-refractivity contribution in [3.8, 4) is 0 Å². The van der Waals surface area contributed by atoms with Gasteiger partial charge in [0.25, 0.3) is 0 Å². The maximum Gasteiger partial charge on any atom is 0.0542 e. The van der Waals surface area contributed by atoms with Crippen LogP contribution in [0.2, 0.25) is 0 Å². The molecule has 51 heavy (non-hydrogen) atoms. The number of hydrogen-bond acceptors (Lipinski definition) is 4. The van der Waals surface area contributed by atoms with Gasteiger partial charge >= 0.3 is 0 Å². The average molecular weight is 693 g/mol. The Labute approximate surface area is 307 Å². The summed E-state index contributed by atoms with van der Waals surface area (Å²) in [5.74, 6) is 0. The van der Waals surface area contributed by atoms with Crippen molar-refractivity contribution in [2.24, 2.45) is 0 Å². The molecule has 0 unspecified atom stereocenters. The molecular weight excluding hydrogens is 640 g/mol. The quantitative estimate of drug-likeness (QED) is 0.175. The Morgan fingerprint density at radius 2 is 0.647 bits per heavy atom. The van der Waals surface area contributed by atoms with Crippen molar-refractivity contribution in [1.82, 2.24) is 0 Å². The molecule has 3 aliphatic rings. The zero-order valence-electron chi connectivity index (χ0n) is 32.8. The lowest BCUT2D eigenvalue weighted by Gasteiger charge is -2.56. The Hall–Kier alpha value is -4.27. The standard InChI is InChI=1S/C46H53N4P/c1-28-14-18-32(19-15-28)47(33-20-16-29(2)17-21-33)34-26-39-43-40(27-34)50(46(11,12)13)38-25-31(4)23-36-42(38)51(43)41-35(48(36)44(5,6)7)22-30(3)24-37(41)49(39)45(8,9)10/h14-27H,1-13H3. The Bertz CT molecular complexity index is 2070. The van der Waals surface area contributed by atoms with E-state index in [4.69, 9.17) is 0 Å². The van der Waals surface area contributed by atoms with Gasteiger partial charge in [-0.25, -0.2) is 0 Å². The predicted octanol–water partition coefficient (Wildman–Crippen LogP) is 11.9. The van der Waals surface area contributed by atoms with Crippen LogP contribution in [0.25, 0.3) is 0 Å².